The fraction of sp³-hybridized carbons (Fsp3) is 0.500. The van der Waals surface area contributed by atoms with E-state index in [2.05, 4.69) is 27.3 Å². The average Bonchev–Trinajstić information content (AvgIpc) is 3.33. The maximum atomic E-state index is 13.1. The van der Waals surface area contributed by atoms with Crippen molar-refractivity contribution in [3.63, 3.8) is 0 Å². The smallest absolute Gasteiger partial charge is 0.244 e. The molecule has 1 aromatic carbocycles. The van der Waals surface area contributed by atoms with E-state index in [1.165, 1.54) is 40.7 Å². The molecule has 1 amide bonds. The third-order valence-corrected chi connectivity index (χ3v) is 9.23. The van der Waals surface area contributed by atoms with Gasteiger partial charge in [0.15, 0.2) is 0 Å². The number of carbonyl (C=O) groups excluding carboxylic acids is 1. The SMILES string of the molecule is C[C@@H](Sc1ccc(S(=O)(=O)N2CCN(Cc3ccccc3)CC2)cn1)C(=O)NC1CCCC1. The largest absolute Gasteiger partial charge is 0.352 e. The van der Waals surface area contributed by atoms with Gasteiger partial charge in [-0.05, 0) is 37.5 Å². The van der Waals surface area contributed by atoms with E-state index in [-0.39, 0.29) is 22.1 Å². The van der Waals surface area contributed by atoms with E-state index in [0.717, 1.165) is 19.4 Å². The predicted octanol–water partition coefficient (Wildman–Crippen LogP) is 3.13. The van der Waals surface area contributed by atoms with Crippen LogP contribution in [0.3, 0.4) is 0 Å². The van der Waals surface area contributed by atoms with Crippen molar-refractivity contribution >= 4 is 27.7 Å². The molecule has 2 heterocycles. The van der Waals surface area contributed by atoms with Crippen LogP contribution in [0, 0.1) is 0 Å². The third-order valence-electron chi connectivity index (χ3n) is 6.30. The van der Waals surface area contributed by atoms with Gasteiger partial charge >= 0.3 is 0 Å². The summed E-state index contributed by atoms with van der Waals surface area (Å²) in [5.74, 6) is 0.0128. The Morgan fingerprint density at radius 2 is 1.79 bits per heavy atom. The molecule has 0 spiro atoms. The van der Waals surface area contributed by atoms with Crippen molar-refractivity contribution < 1.29 is 13.2 Å². The number of hydrogen-bond donors (Lipinski definition) is 1. The molecule has 1 saturated heterocycles. The van der Waals surface area contributed by atoms with Crippen LogP contribution in [0.2, 0.25) is 0 Å². The number of aromatic nitrogens is 1. The van der Waals surface area contributed by atoms with Crippen LogP contribution in [0.5, 0.6) is 0 Å². The van der Waals surface area contributed by atoms with E-state index >= 15 is 0 Å². The first-order chi connectivity index (χ1) is 15.9. The van der Waals surface area contributed by atoms with Crippen LogP contribution in [0.1, 0.15) is 38.2 Å². The zero-order valence-electron chi connectivity index (χ0n) is 19.0. The summed E-state index contributed by atoms with van der Waals surface area (Å²) in [7, 11) is -3.58. The minimum absolute atomic E-state index is 0.0128. The Bertz CT molecular complexity index is 1020. The highest BCUT2D eigenvalue weighted by Gasteiger charge is 2.29. The number of piperazine rings is 1. The monoisotopic (exact) mass is 488 g/mol. The molecule has 1 aliphatic carbocycles. The van der Waals surface area contributed by atoms with Gasteiger partial charge < -0.3 is 5.32 Å². The van der Waals surface area contributed by atoms with Crippen LogP contribution in [-0.2, 0) is 21.4 Å². The highest BCUT2D eigenvalue weighted by atomic mass is 32.2. The lowest BCUT2D eigenvalue weighted by molar-refractivity contribution is -0.120. The second-order valence-corrected chi connectivity index (χ2v) is 12.0. The molecule has 0 unspecified atom stereocenters. The second-order valence-electron chi connectivity index (χ2n) is 8.75. The molecule has 1 atom stereocenters. The van der Waals surface area contributed by atoms with E-state index in [1.54, 1.807) is 12.1 Å². The van der Waals surface area contributed by atoms with Crippen molar-refractivity contribution in [2.24, 2.45) is 0 Å². The van der Waals surface area contributed by atoms with Crippen molar-refractivity contribution in [2.75, 3.05) is 26.2 Å². The normalized spacial score (nSPS) is 19.4. The first-order valence-corrected chi connectivity index (χ1v) is 13.9. The van der Waals surface area contributed by atoms with Crippen LogP contribution in [0.15, 0.2) is 58.6 Å². The van der Waals surface area contributed by atoms with Crippen molar-refractivity contribution in [1.29, 1.82) is 0 Å². The van der Waals surface area contributed by atoms with Crippen LogP contribution >= 0.6 is 11.8 Å². The van der Waals surface area contributed by atoms with Gasteiger partial charge in [0.05, 0.1) is 10.3 Å². The lowest BCUT2D eigenvalue weighted by atomic mass is 10.2. The summed E-state index contributed by atoms with van der Waals surface area (Å²) in [6, 6.07) is 13.8. The van der Waals surface area contributed by atoms with E-state index in [4.69, 9.17) is 0 Å². The Labute approximate surface area is 201 Å². The second kappa shape index (κ2) is 11.0. The zero-order valence-corrected chi connectivity index (χ0v) is 20.7. The number of amides is 1. The Kier molecular flexibility index (Phi) is 8.06. The molecule has 0 radical (unpaired) electrons. The molecule has 1 N–H and O–H groups in total. The van der Waals surface area contributed by atoms with Crippen molar-refractivity contribution in [3.05, 3.63) is 54.2 Å². The summed E-state index contributed by atoms with van der Waals surface area (Å²) >= 11 is 1.35. The molecule has 9 heteroatoms. The zero-order chi connectivity index (χ0) is 23.3. The summed E-state index contributed by atoms with van der Waals surface area (Å²) in [5.41, 5.74) is 1.23. The number of hydrogen-bond acceptors (Lipinski definition) is 6. The molecular formula is C24H32N4O3S2. The molecule has 1 aliphatic heterocycles. The highest BCUT2D eigenvalue weighted by molar-refractivity contribution is 8.00. The van der Waals surface area contributed by atoms with E-state index < -0.39 is 10.0 Å². The van der Waals surface area contributed by atoms with Gasteiger partial charge in [-0.15, -0.1) is 0 Å². The fourth-order valence-electron chi connectivity index (χ4n) is 4.33. The van der Waals surface area contributed by atoms with Crippen molar-refractivity contribution in [2.45, 2.75) is 60.4 Å². The number of rotatable bonds is 8. The molecule has 33 heavy (non-hydrogen) atoms. The average molecular weight is 489 g/mol. The predicted molar refractivity (Wildman–Crippen MR) is 130 cm³/mol. The maximum absolute atomic E-state index is 13.1. The molecule has 1 aromatic heterocycles. The summed E-state index contributed by atoms with van der Waals surface area (Å²) < 4.78 is 27.7. The fourth-order valence-corrected chi connectivity index (χ4v) is 6.50. The van der Waals surface area contributed by atoms with Crippen molar-refractivity contribution in [3.8, 4) is 0 Å². The van der Waals surface area contributed by atoms with E-state index in [0.29, 0.717) is 31.2 Å². The Morgan fingerprint density at radius 3 is 2.42 bits per heavy atom. The summed E-state index contributed by atoms with van der Waals surface area (Å²) in [4.78, 5) is 19.2. The highest BCUT2D eigenvalue weighted by Crippen LogP contribution is 2.25. The van der Waals surface area contributed by atoms with Gasteiger partial charge in [-0.3, -0.25) is 9.69 Å². The van der Waals surface area contributed by atoms with E-state index in [9.17, 15) is 13.2 Å². The topological polar surface area (TPSA) is 82.6 Å². The third kappa shape index (κ3) is 6.35. The molecule has 7 nitrogen and oxygen atoms in total. The van der Waals surface area contributed by atoms with Gasteiger partial charge in [0, 0.05) is 45.0 Å². The van der Waals surface area contributed by atoms with Gasteiger partial charge in [0.2, 0.25) is 15.9 Å². The number of nitrogens with one attached hydrogen (secondary N) is 1. The minimum atomic E-state index is -3.58. The number of thioether (sulfide) groups is 1. The van der Waals surface area contributed by atoms with Gasteiger partial charge in [0.25, 0.3) is 0 Å². The summed E-state index contributed by atoms with van der Waals surface area (Å²) in [6.45, 7) is 5.01. The Morgan fingerprint density at radius 1 is 1.09 bits per heavy atom. The van der Waals surface area contributed by atoms with Crippen molar-refractivity contribution in [1.82, 2.24) is 19.5 Å². The molecule has 2 aliphatic rings. The number of benzene rings is 1. The number of sulfonamides is 1. The van der Waals surface area contributed by atoms with Gasteiger partial charge in [0.1, 0.15) is 4.90 Å². The molecular weight excluding hydrogens is 456 g/mol. The Hall–Kier alpha value is -1.94. The molecule has 2 aromatic rings. The Balaban J connectivity index is 1.30. The molecule has 1 saturated carbocycles. The maximum Gasteiger partial charge on any atom is 0.244 e. The first kappa shape index (κ1) is 24.2. The number of pyridine rings is 1. The standard InChI is InChI=1S/C24H32N4O3S2/c1-19(24(29)26-21-9-5-6-10-21)32-23-12-11-22(17-25-23)33(30,31)28-15-13-27(14-16-28)18-20-7-3-2-4-8-20/h2-4,7-8,11-12,17,19,21H,5-6,9-10,13-16,18H2,1H3,(H,26,29)/t19-/m1/s1. The van der Waals surface area contributed by atoms with Crippen LogP contribution in [0.25, 0.3) is 0 Å². The van der Waals surface area contributed by atoms with Gasteiger partial charge in [-0.25, -0.2) is 13.4 Å². The van der Waals surface area contributed by atoms with Crippen LogP contribution < -0.4 is 5.32 Å². The first-order valence-electron chi connectivity index (χ1n) is 11.6. The summed E-state index contributed by atoms with van der Waals surface area (Å²) in [6.07, 6.45) is 5.86. The van der Waals surface area contributed by atoms with Crippen LogP contribution in [0.4, 0.5) is 0 Å². The van der Waals surface area contributed by atoms with Gasteiger partial charge in [-0.1, -0.05) is 54.9 Å². The summed E-state index contributed by atoms with van der Waals surface area (Å²) in [5, 5.41) is 3.47. The number of nitrogens with zero attached hydrogens (tertiary/aromatic N) is 3. The molecule has 2 fully saturated rings. The van der Waals surface area contributed by atoms with Crippen LogP contribution in [-0.4, -0.2) is 66.0 Å². The lowest BCUT2D eigenvalue weighted by Gasteiger charge is -2.33. The number of carbonyl (C=O) groups is 1. The quantitative estimate of drug-likeness (QED) is 0.575. The van der Waals surface area contributed by atoms with Gasteiger partial charge in [-0.2, -0.15) is 4.31 Å². The lowest BCUT2D eigenvalue weighted by Crippen LogP contribution is -2.48. The molecule has 0 bridgehead atoms. The minimum Gasteiger partial charge on any atom is -0.352 e. The van der Waals surface area contributed by atoms with E-state index in [1.807, 2.05) is 25.1 Å². The molecule has 4 rings (SSSR count). The molecule has 178 valence electrons.